The SMILES string of the molecule is O=C(OCc1ccccc1COC(=O)c1c(F)c(F)c(F)c(F)c1I)c1c(F)c(F)c(F)c(F)c1I. The zero-order chi connectivity index (χ0) is 26.9. The Kier molecular flexibility index (Phi) is 8.79. The first-order valence-corrected chi connectivity index (χ1v) is 11.5. The summed E-state index contributed by atoms with van der Waals surface area (Å²) in [5.41, 5.74) is -2.10. The minimum absolute atomic E-state index is 0.128. The van der Waals surface area contributed by atoms with Crippen molar-refractivity contribution in [1.29, 1.82) is 0 Å². The molecule has 0 bridgehead atoms. The number of hydrogen-bond donors (Lipinski definition) is 0. The Balaban J connectivity index is 1.79. The smallest absolute Gasteiger partial charge is 0.342 e. The van der Waals surface area contributed by atoms with Crippen LogP contribution in [0.15, 0.2) is 24.3 Å². The lowest BCUT2D eigenvalue weighted by molar-refractivity contribution is 0.0426. The average molecular weight is 742 g/mol. The van der Waals surface area contributed by atoms with Crippen LogP contribution < -0.4 is 0 Å². The molecule has 190 valence electrons. The molecule has 14 heteroatoms. The summed E-state index contributed by atoms with van der Waals surface area (Å²) in [6, 6.07) is 5.60. The summed E-state index contributed by atoms with van der Waals surface area (Å²) in [6.45, 7) is -1.29. The van der Waals surface area contributed by atoms with Crippen LogP contribution in [-0.4, -0.2) is 11.9 Å². The molecule has 0 N–H and O–H groups in total. The van der Waals surface area contributed by atoms with E-state index in [4.69, 9.17) is 9.47 Å². The van der Waals surface area contributed by atoms with E-state index in [-0.39, 0.29) is 11.1 Å². The van der Waals surface area contributed by atoms with E-state index in [2.05, 4.69) is 0 Å². The van der Waals surface area contributed by atoms with Crippen LogP contribution in [0.2, 0.25) is 0 Å². The summed E-state index contributed by atoms with van der Waals surface area (Å²) < 4.78 is 117. The lowest BCUT2D eigenvalue weighted by Crippen LogP contribution is -2.16. The number of benzene rings is 3. The third kappa shape index (κ3) is 5.28. The third-order valence-corrected chi connectivity index (χ3v) is 6.69. The van der Waals surface area contributed by atoms with Gasteiger partial charge in [0, 0.05) is 0 Å². The summed E-state index contributed by atoms with van der Waals surface area (Å²) in [5, 5.41) is 0. The highest BCUT2D eigenvalue weighted by molar-refractivity contribution is 14.1. The van der Waals surface area contributed by atoms with Gasteiger partial charge in [-0.1, -0.05) is 24.3 Å². The van der Waals surface area contributed by atoms with Crippen LogP contribution >= 0.6 is 45.2 Å². The Morgan fingerprint density at radius 1 is 0.556 bits per heavy atom. The molecule has 0 spiro atoms. The molecule has 0 amide bonds. The minimum Gasteiger partial charge on any atom is -0.457 e. The Bertz CT molecular complexity index is 1230. The van der Waals surface area contributed by atoms with Gasteiger partial charge in [-0.15, -0.1) is 0 Å². The number of hydrogen-bond acceptors (Lipinski definition) is 4. The molecule has 0 aliphatic carbocycles. The zero-order valence-corrected chi connectivity index (χ0v) is 21.5. The van der Waals surface area contributed by atoms with Gasteiger partial charge in [-0.2, -0.15) is 0 Å². The monoisotopic (exact) mass is 742 g/mol. The molecule has 4 nitrogen and oxygen atoms in total. The number of halogens is 10. The highest BCUT2D eigenvalue weighted by Crippen LogP contribution is 2.28. The standard InChI is InChI=1S/C22H8F8I2O4/c23-11-9(19(31)17(29)15(27)13(11)25)21(33)35-5-7-3-1-2-4-8(7)6-36-22(34)10-12(24)14(26)16(28)18(30)20(10)32/h1-4H,5-6H2. The molecule has 36 heavy (non-hydrogen) atoms. The fourth-order valence-electron chi connectivity index (χ4n) is 2.84. The molecule has 0 saturated carbocycles. The van der Waals surface area contributed by atoms with Crippen LogP contribution in [0, 0.1) is 53.7 Å². The predicted molar refractivity (Wildman–Crippen MR) is 123 cm³/mol. The highest BCUT2D eigenvalue weighted by atomic mass is 127. The van der Waals surface area contributed by atoms with E-state index in [0.717, 1.165) is 45.2 Å². The summed E-state index contributed by atoms with van der Waals surface area (Å²) >= 11 is 2.20. The molecule has 0 radical (unpaired) electrons. The molecule has 0 saturated heterocycles. The quantitative estimate of drug-likeness (QED) is 0.0926. The number of carbonyl (C=O) groups is 2. The van der Waals surface area contributed by atoms with Gasteiger partial charge in [-0.3, -0.25) is 0 Å². The maximum Gasteiger partial charge on any atom is 0.342 e. The number of carbonyl (C=O) groups excluding carboxylic acids is 2. The summed E-state index contributed by atoms with van der Waals surface area (Å²) in [4.78, 5) is 24.5. The minimum atomic E-state index is -2.21. The third-order valence-electron chi connectivity index (χ3n) is 4.66. The zero-order valence-electron chi connectivity index (χ0n) is 17.1. The summed E-state index contributed by atoms with van der Waals surface area (Å²) in [6.07, 6.45) is 0. The van der Waals surface area contributed by atoms with Crippen LogP contribution in [0.5, 0.6) is 0 Å². The van der Waals surface area contributed by atoms with Gasteiger partial charge >= 0.3 is 11.9 Å². The van der Waals surface area contributed by atoms with E-state index in [0.29, 0.717) is 0 Å². The van der Waals surface area contributed by atoms with E-state index in [1.165, 1.54) is 24.3 Å². The highest BCUT2D eigenvalue weighted by Gasteiger charge is 2.30. The van der Waals surface area contributed by atoms with Crippen molar-refractivity contribution in [3.8, 4) is 0 Å². The van der Waals surface area contributed by atoms with Gasteiger partial charge in [-0.05, 0) is 56.3 Å². The molecule has 3 rings (SSSR count). The fourth-order valence-corrected chi connectivity index (χ4v) is 4.23. The molecular formula is C22H8F8I2O4. The molecule has 0 heterocycles. The van der Waals surface area contributed by atoms with Crippen LogP contribution in [0.1, 0.15) is 31.8 Å². The van der Waals surface area contributed by atoms with E-state index >= 15 is 0 Å². The van der Waals surface area contributed by atoms with Crippen molar-refractivity contribution in [3.63, 3.8) is 0 Å². The summed E-state index contributed by atoms with van der Waals surface area (Å²) in [5.74, 6) is -19.2. The maximum absolute atomic E-state index is 14.0. The Morgan fingerprint density at radius 2 is 0.861 bits per heavy atom. The normalized spacial score (nSPS) is 10.9. The van der Waals surface area contributed by atoms with Crippen molar-refractivity contribution >= 4 is 57.1 Å². The molecule has 0 fully saturated rings. The predicted octanol–water partition coefficient (Wildman–Crippen LogP) is 6.72. The van der Waals surface area contributed by atoms with Crippen molar-refractivity contribution < 1.29 is 54.2 Å². The molecule has 0 aliphatic rings. The largest absolute Gasteiger partial charge is 0.457 e. The van der Waals surface area contributed by atoms with Crippen molar-refractivity contribution in [1.82, 2.24) is 0 Å². The van der Waals surface area contributed by atoms with Crippen LogP contribution in [0.25, 0.3) is 0 Å². The van der Waals surface area contributed by atoms with Gasteiger partial charge in [0.05, 0.1) is 7.14 Å². The van der Waals surface area contributed by atoms with E-state index in [9.17, 15) is 44.7 Å². The van der Waals surface area contributed by atoms with E-state index in [1.54, 1.807) is 0 Å². The van der Waals surface area contributed by atoms with Crippen LogP contribution in [-0.2, 0) is 22.7 Å². The number of ether oxygens (including phenoxy) is 2. The van der Waals surface area contributed by atoms with Crippen molar-refractivity contribution in [2.24, 2.45) is 0 Å². The topological polar surface area (TPSA) is 52.6 Å². The van der Waals surface area contributed by atoms with E-state index < -0.39 is 90.0 Å². The number of esters is 2. The summed E-state index contributed by atoms with van der Waals surface area (Å²) in [7, 11) is 0. The number of rotatable bonds is 6. The fraction of sp³-hybridized carbons (Fsp3) is 0.0909. The second kappa shape index (κ2) is 11.3. The lowest BCUT2D eigenvalue weighted by Gasteiger charge is -2.13. The first-order valence-electron chi connectivity index (χ1n) is 9.32. The Hall–Kier alpha value is -2.50. The van der Waals surface area contributed by atoms with Crippen molar-refractivity contribution in [2.75, 3.05) is 0 Å². The maximum atomic E-state index is 14.0. The van der Waals surface area contributed by atoms with Gasteiger partial charge < -0.3 is 9.47 Å². The van der Waals surface area contributed by atoms with Gasteiger partial charge in [0.1, 0.15) is 24.3 Å². The first-order chi connectivity index (χ1) is 16.9. The molecule has 0 aromatic heterocycles. The molecule has 3 aromatic rings. The van der Waals surface area contributed by atoms with Crippen LogP contribution in [0.3, 0.4) is 0 Å². The second-order valence-corrected chi connectivity index (χ2v) is 8.97. The molecular weight excluding hydrogens is 734 g/mol. The average Bonchev–Trinajstić information content (AvgIpc) is 2.86. The van der Waals surface area contributed by atoms with Gasteiger partial charge in [0.15, 0.2) is 46.5 Å². The van der Waals surface area contributed by atoms with Crippen molar-refractivity contribution in [2.45, 2.75) is 13.2 Å². The Morgan fingerprint density at radius 3 is 1.19 bits per heavy atom. The van der Waals surface area contributed by atoms with Crippen LogP contribution in [0.4, 0.5) is 35.1 Å². The molecule has 3 aromatic carbocycles. The lowest BCUT2D eigenvalue weighted by atomic mass is 10.1. The molecule has 0 unspecified atom stereocenters. The van der Waals surface area contributed by atoms with Gasteiger partial charge in [0.25, 0.3) is 0 Å². The second-order valence-electron chi connectivity index (χ2n) is 6.81. The Labute approximate surface area is 223 Å². The van der Waals surface area contributed by atoms with E-state index in [1.807, 2.05) is 0 Å². The van der Waals surface area contributed by atoms with Crippen molar-refractivity contribution in [3.05, 3.63) is 100 Å². The first kappa shape index (κ1) is 28.1. The molecule has 0 aliphatic heterocycles. The molecule has 0 atom stereocenters. The van der Waals surface area contributed by atoms with Gasteiger partial charge in [0.2, 0.25) is 0 Å². The van der Waals surface area contributed by atoms with Gasteiger partial charge in [-0.25, -0.2) is 44.7 Å².